The highest BCUT2D eigenvalue weighted by molar-refractivity contribution is 4.95. The molecule has 1 saturated carbocycles. The van der Waals surface area contributed by atoms with Crippen molar-refractivity contribution < 1.29 is 0 Å². The van der Waals surface area contributed by atoms with E-state index in [1.165, 1.54) is 84.0 Å². The first-order chi connectivity index (χ1) is 12.3. The van der Waals surface area contributed by atoms with E-state index in [2.05, 4.69) is 37.9 Å². The van der Waals surface area contributed by atoms with Crippen molar-refractivity contribution in [3.05, 3.63) is 11.9 Å². The maximum Gasteiger partial charge on any atom is 0.0967 e. The van der Waals surface area contributed by atoms with Crippen molar-refractivity contribution in [2.45, 2.75) is 83.3 Å². The maximum atomic E-state index is 4.48. The van der Waals surface area contributed by atoms with E-state index in [4.69, 9.17) is 0 Å². The van der Waals surface area contributed by atoms with Gasteiger partial charge in [0.25, 0.3) is 0 Å². The van der Waals surface area contributed by atoms with E-state index in [1.54, 1.807) is 0 Å². The third-order valence-corrected chi connectivity index (χ3v) is 6.51. The highest BCUT2D eigenvalue weighted by atomic mass is 15.4. The predicted octanol–water partition coefficient (Wildman–Crippen LogP) is 3.48. The molecule has 0 bridgehead atoms. The summed E-state index contributed by atoms with van der Waals surface area (Å²) in [6.07, 6.45) is 14.5. The summed E-state index contributed by atoms with van der Waals surface area (Å²) < 4.78 is 2.16. The fourth-order valence-corrected chi connectivity index (χ4v) is 4.66. The van der Waals surface area contributed by atoms with Crippen LogP contribution in [0, 0.1) is 5.92 Å². The Bertz CT molecular complexity index is 522. The number of piperidine rings is 1. The van der Waals surface area contributed by atoms with Gasteiger partial charge in [-0.1, -0.05) is 30.9 Å². The van der Waals surface area contributed by atoms with Crippen LogP contribution in [0.4, 0.5) is 0 Å². The Balaban J connectivity index is 1.26. The first-order valence-electron chi connectivity index (χ1n) is 10.6. The molecule has 140 valence electrons. The Kier molecular flexibility index (Phi) is 5.71. The molecule has 5 nitrogen and oxygen atoms in total. The highest BCUT2D eigenvalue weighted by Crippen LogP contribution is 2.35. The number of nitrogens with zero attached hydrogens (tertiary/aromatic N) is 5. The van der Waals surface area contributed by atoms with Gasteiger partial charge in [-0.15, -0.1) is 5.10 Å². The van der Waals surface area contributed by atoms with E-state index in [0.717, 1.165) is 24.2 Å². The van der Waals surface area contributed by atoms with Crippen LogP contribution < -0.4 is 0 Å². The fraction of sp³-hybridized carbons (Fsp3) is 0.900. The average molecular weight is 346 g/mol. The van der Waals surface area contributed by atoms with Crippen LogP contribution in [0.15, 0.2) is 6.20 Å². The molecule has 0 aromatic carbocycles. The Morgan fingerprint density at radius 1 is 1.00 bits per heavy atom. The van der Waals surface area contributed by atoms with Gasteiger partial charge in [-0.05, 0) is 58.0 Å². The topological polar surface area (TPSA) is 37.2 Å². The fourth-order valence-electron chi connectivity index (χ4n) is 4.66. The van der Waals surface area contributed by atoms with Crippen molar-refractivity contribution in [3.8, 4) is 0 Å². The molecule has 1 aromatic heterocycles. The summed E-state index contributed by atoms with van der Waals surface area (Å²) in [6, 6.07) is 1.32. The zero-order chi connectivity index (χ0) is 17.1. The van der Waals surface area contributed by atoms with Gasteiger partial charge in [0.15, 0.2) is 0 Å². The van der Waals surface area contributed by atoms with Crippen molar-refractivity contribution in [3.63, 3.8) is 0 Å². The Hall–Kier alpha value is -0.940. The third kappa shape index (κ3) is 4.82. The molecule has 0 radical (unpaired) electrons. The molecule has 2 aliphatic heterocycles. The lowest BCUT2D eigenvalue weighted by atomic mass is 10.0. The molecule has 1 atom stereocenters. The van der Waals surface area contributed by atoms with Crippen LogP contribution in [0.2, 0.25) is 0 Å². The van der Waals surface area contributed by atoms with E-state index in [9.17, 15) is 0 Å². The average Bonchev–Trinajstić information content (AvgIpc) is 3.38. The van der Waals surface area contributed by atoms with Crippen LogP contribution in [0.5, 0.6) is 0 Å². The monoisotopic (exact) mass is 345 g/mol. The summed E-state index contributed by atoms with van der Waals surface area (Å²) >= 11 is 0. The van der Waals surface area contributed by atoms with Crippen LogP contribution in [-0.2, 0) is 6.54 Å². The van der Waals surface area contributed by atoms with E-state index in [1.807, 2.05) is 0 Å². The second kappa shape index (κ2) is 8.17. The smallest absolute Gasteiger partial charge is 0.0967 e. The van der Waals surface area contributed by atoms with Gasteiger partial charge in [0.2, 0.25) is 0 Å². The molecule has 1 aromatic rings. The van der Waals surface area contributed by atoms with Gasteiger partial charge in [0, 0.05) is 25.7 Å². The van der Waals surface area contributed by atoms with Crippen LogP contribution in [0.1, 0.15) is 76.4 Å². The second-order valence-corrected chi connectivity index (χ2v) is 8.68. The zero-order valence-corrected chi connectivity index (χ0v) is 15.9. The second-order valence-electron chi connectivity index (χ2n) is 8.68. The predicted molar refractivity (Wildman–Crippen MR) is 100 cm³/mol. The van der Waals surface area contributed by atoms with E-state index in [0.29, 0.717) is 6.04 Å². The lowest BCUT2D eigenvalue weighted by Gasteiger charge is -2.36. The lowest BCUT2D eigenvalue weighted by molar-refractivity contribution is 0.129. The van der Waals surface area contributed by atoms with Crippen molar-refractivity contribution in [2.75, 3.05) is 26.2 Å². The van der Waals surface area contributed by atoms with E-state index < -0.39 is 0 Å². The molecule has 0 spiro atoms. The molecule has 0 amide bonds. The van der Waals surface area contributed by atoms with E-state index in [-0.39, 0.29) is 0 Å². The normalized spacial score (nSPS) is 25.8. The van der Waals surface area contributed by atoms with Crippen LogP contribution in [0.3, 0.4) is 0 Å². The Morgan fingerprint density at radius 3 is 2.40 bits per heavy atom. The molecule has 0 N–H and O–H groups in total. The molecule has 1 unspecified atom stereocenters. The number of aromatic nitrogens is 3. The molecular formula is C20H35N5. The van der Waals surface area contributed by atoms with Crippen LogP contribution in [-0.4, -0.2) is 57.0 Å². The summed E-state index contributed by atoms with van der Waals surface area (Å²) in [5.74, 6) is 1.03. The molecule has 2 saturated heterocycles. The van der Waals surface area contributed by atoms with Gasteiger partial charge < -0.3 is 4.90 Å². The quantitative estimate of drug-likeness (QED) is 0.791. The maximum absolute atomic E-state index is 4.48. The largest absolute Gasteiger partial charge is 0.300 e. The molecule has 3 aliphatic rings. The molecule has 5 heteroatoms. The van der Waals surface area contributed by atoms with Gasteiger partial charge in [-0.2, -0.15) is 0 Å². The van der Waals surface area contributed by atoms with Gasteiger partial charge >= 0.3 is 0 Å². The zero-order valence-electron chi connectivity index (χ0n) is 15.9. The van der Waals surface area contributed by atoms with Gasteiger partial charge in [0.1, 0.15) is 0 Å². The number of hydrogen-bond acceptors (Lipinski definition) is 4. The van der Waals surface area contributed by atoms with Crippen molar-refractivity contribution in [1.29, 1.82) is 0 Å². The summed E-state index contributed by atoms with van der Waals surface area (Å²) in [5, 5.41) is 8.95. The van der Waals surface area contributed by atoms with Gasteiger partial charge in [-0.3, -0.25) is 4.90 Å². The molecule has 3 heterocycles. The van der Waals surface area contributed by atoms with Crippen LogP contribution in [0.25, 0.3) is 0 Å². The lowest BCUT2D eigenvalue weighted by Crippen LogP contribution is -2.40. The number of likely N-dealkylation sites (tertiary alicyclic amines) is 2. The SMILES string of the molecule is CC(CC1CC1)N1CCC(n2cc(CN3CCCCCC3)nn2)CC1. The first kappa shape index (κ1) is 17.5. The minimum Gasteiger partial charge on any atom is -0.300 e. The van der Waals surface area contributed by atoms with Crippen molar-refractivity contribution in [2.24, 2.45) is 5.92 Å². The summed E-state index contributed by atoms with van der Waals surface area (Å²) in [6.45, 7) is 8.30. The summed E-state index contributed by atoms with van der Waals surface area (Å²) in [5.41, 5.74) is 1.16. The summed E-state index contributed by atoms with van der Waals surface area (Å²) in [4.78, 5) is 5.26. The molecule has 25 heavy (non-hydrogen) atoms. The van der Waals surface area contributed by atoms with Gasteiger partial charge in [-0.25, -0.2) is 4.68 Å². The van der Waals surface area contributed by atoms with Gasteiger partial charge in [0.05, 0.1) is 17.9 Å². The van der Waals surface area contributed by atoms with Crippen molar-refractivity contribution >= 4 is 0 Å². The van der Waals surface area contributed by atoms with Crippen LogP contribution >= 0.6 is 0 Å². The number of hydrogen-bond donors (Lipinski definition) is 0. The highest BCUT2D eigenvalue weighted by Gasteiger charge is 2.29. The molecule has 4 rings (SSSR count). The van der Waals surface area contributed by atoms with E-state index >= 15 is 0 Å². The van der Waals surface area contributed by atoms with Crippen molar-refractivity contribution in [1.82, 2.24) is 24.8 Å². The summed E-state index contributed by atoms with van der Waals surface area (Å²) in [7, 11) is 0. The molecule has 1 aliphatic carbocycles. The molecular weight excluding hydrogens is 310 g/mol. The standard InChI is InChI=1S/C20H35N5/c1-17(14-18-6-7-18)24-12-8-20(9-13-24)25-16-19(21-22-25)15-23-10-4-2-3-5-11-23/h16-18,20H,2-15H2,1H3. The first-order valence-corrected chi connectivity index (χ1v) is 10.6. The minimum atomic E-state index is 0.551. The Labute approximate surface area is 152 Å². The minimum absolute atomic E-state index is 0.551. The number of rotatable bonds is 6. The molecule has 3 fully saturated rings. The Morgan fingerprint density at radius 2 is 1.72 bits per heavy atom. The third-order valence-electron chi connectivity index (χ3n) is 6.51.